The number of benzene rings is 1. The highest BCUT2D eigenvalue weighted by Crippen LogP contribution is 2.30. The van der Waals surface area contributed by atoms with E-state index in [2.05, 4.69) is 9.62 Å². The zero-order chi connectivity index (χ0) is 15.0. The molecule has 0 bridgehead atoms. The van der Waals surface area contributed by atoms with Crippen molar-refractivity contribution >= 4 is 15.7 Å². The van der Waals surface area contributed by atoms with Gasteiger partial charge in [-0.25, -0.2) is 13.1 Å². The predicted molar refractivity (Wildman–Crippen MR) is 80.7 cm³/mol. The Balaban J connectivity index is 1.81. The number of nitrogens with one attached hydrogen (secondary N) is 1. The lowest BCUT2D eigenvalue weighted by Crippen LogP contribution is -2.42. The highest BCUT2D eigenvalue weighted by molar-refractivity contribution is 7.89. The minimum absolute atomic E-state index is 0.000970. The van der Waals surface area contributed by atoms with Gasteiger partial charge >= 0.3 is 0 Å². The van der Waals surface area contributed by atoms with E-state index >= 15 is 0 Å². The molecule has 2 aliphatic heterocycles. The van der Waals surface area contributed by atoms with E-state index in [1.807, 2.05) is 0 Å². The van der Waals surface area contributed by atoms with E-state index in [4.69, 9.17) is 10.5 Å². The first-order chi connectivity index (χ1) is 10.0. The van der Waals surface area contributed by atoms with E-state index in [-0.39, 0.29) is 10.9 Å². The minimum atomic E-state index is -3.54. The zero-order valence-corrected chi connectivity index (χ0v) is 12.9. The second kappa shape index (κ2) is 5.47. The Morgan fingerprint density at radius 1 is 1.33 bits per heavy atom. The highest BCUT2D eigenvalue weighted by Gasteiger charge is 2.39. The quantitative estimate of drug-likeness (QED) is 0.803. The average molecular weight is 311 g/mol. The fourth-order valence-electron chi connectivity index (χ4n) is 3.35. The Labute approximate surface area is 125 Å². The third kappa shape index (κ3) is 2.73. The van der Waals surface area contributed by atoms with Crippen molar-refractivity contribution in [1.29, 1.82) is 0 Å². The molecule has 0 aliphatic carbocycles. The second-order valence-electron chi connectivity index (χ2n) is 5.67. The molecular weight excluding hydrogens is 290 g/mol. The number of hydrogen-bond donors (Lipinski definition) is 2. The third-order valence-electron chi connectivity index (χ3n) is 4.43. The Kier molecular flexibility index (Phi) is 3.81. The summed E-state index contributed by atoms with van der Waals surface area (Å²) in [4.78, 5) is 2.57. The van der Waals surface area contributed by atoms with Crippen LogP contribution in [0.25, 0.3) is 0 Å². The van der Waals surface area contributed by atoms with Gasteiger partial charge in [-0.2, -0.15) is 0 Å². The van der Waals surface area contributed by atoms with Gasteiger partial charge in [-0.15, -0.1) is 0 Å². The first kappa shape index (κ1) is 14.6. The van der Waals surface area contributed by atoms with Crippen LogP contribution >= 0.6 is 0 Å². The number of hydrogen-bond acceptors (Lipinski definition) is 5. The maximum atomic E-state index is 12.5. The molecule has 2 saturated heterocycles. The number of fused-ring (bicyclic) bond motifs is 1. The molecule has 1 aromatic carbocycles. The standard InChI is InChI=1S/C14H21N3O3S/c1-20-14-9-10(4-5-11(14)15)21(18,19)16-12-6-8-17-7-2-3-13(12)17/h4-5,9,12-13,16H,2-3,6-8,15H2,1H3. The molecule has 1 aromatic rings. The average Bonchev–Trinajstić information content (AvgIpc) is 3.04. The lowest BCUT2D eigenvalue weighted by Gasteiger charge is -2.21. The molecule has 21 heavy (non-hydrogen) atoms. The summed E-state index contributed by atoms with van der Waals surface area (Å²) in [6.07, 6.45) is 3.09. The van der Waals surface area contributed by atoms with Crippen molar-refractivity contribution in [3.8, 4) is 5.75 Å². The number of nitrogens with zero attached hydrogens (tertiary/aromatic N) is 1. The number of ether oxygens (including phenoxy) is 1. The molecule has 0 radical (unpaired) electrons. The normalized spacial score (nSPS) is 26.0. The fraction of sp³-hybridized carbons (Fsp3) is 0.571. The van der Waals surface area contributed by atoms with Gasteiger partial charge in [0.05, 0.1) is 17.7 Å². The molecule has 116 valence electrons. The summed E-state index contributed by atoms with van der Waals surface area (Å²) in [5.74, 6) is 0.381. The zero-order valence-electron chi connectivity index (χ0n) is 12.1. The van der Waals surface area contributed by atoms with Crippen LogP contribution in [0.4, 0.5) is 5.69 Å². The highest BCUT2D eigenvalue weighted by atomic mass is 32.2. The van der Waals surface area contributed by atoms with Crippen molar-refractivity contribution in [2.45, 2.75) is 36.2 Å². The van der Waals surface area contributed by atoms with E-state index in [1.165, 1.54) is 19.2 Å². The second-order valence-corrected chi connectivity index (χ2v) is 7.38. The summed E-state index contributed by atoms with van der Waals surface area (Å²) in [7, 11) is -2.07. The van der Waals surface area contributed by atoms with E-state index < -0.39 is 10.0 Å². The number of nitrogens with two attached hydrogens (primary N) is 1. The van der Waals surface area contributed by atoms with Crippen LogP contribution in [0.1, 0.15) is 19.3 Å². The molecule has 7 heteroatoms. The van der Waals surface area contributed by atoms with Crippen LogP contribution in [-0.2, 0) is 10.0 Å². The summed E-state index contributed by atoms with van der Waals surface area (Å²) in [5.41, 5.74) is 6.16. The van der Waals surface area contributed by atoms with E-state index in [0.717, 1.165) is 32.4 Å². The molecule has 6 nitrogen and oxygen atoms in total. The van der Waals surface area contributed by atoms with Crippen LogP contribution in [0.15, 0.2) is 23.1 Å². The first-order valence-corrected chi connectivity index (χ1v) is 8.69. The summed E-state index contributed by atoms with van der Waals surface area (Å²) >= 11 is 0. The summed E-state index contributed by atoms with van der Waals surface area (Å²) in [5, 5.41) is 0. The maximum absolute atomic E-state index is 12.5. The summed E-state index contributed by atoms with van der Waals surface area (Å²) < 4.78 is 33.0. The molecule has 3 rings (SSSR count). The molecule has 2 aliphatic rings. The molecule has 0 amide bonds. The molecule has 2 unspecified atom stereocenters. The van der Waals surface area contributed by atoms with Gasteiger partial charge < -0.3 is 10.5 Å². The van der Waals surface area contributed by atoms with Crippen LogP contribution in [-0.4, -0.2) is 45.6 Å². The molecule has 3 N–H and O–H groups in total. The number of rotatable bonds is 4. The summed E-state index contributed by atoms with van der Waals surface area (Å²) in [6.45, 7) is 2.06. The van der Waals surface area contributed by atoms with Gasteiger partial charge in [0.25, 0.3) is 0 Å². The van der Waals surface area contributed by atoms with Crippen LogP contribution in [0.3, 0.4) is 0 Å². The van der Waals surface area contributed by atoms with Crippen LogP contribution in [0, 0.1) is 0 Å². The third-order valence-corrected chi connectivity index (χ3v) is 5.92. The Hall–Kier alpha value is -1.31. The number of methoxy groups -OCH3 is 1. The maximum Gasteiger partial charge on any atom is 0.241 e. The topological polar surface area (TPSA) is 84.7 Å². The molecular formula is C14H21N3O3S. The molecule has 0 saturated carbocycles. The Morgan fingerprint density at radius 2 is 2.14 bits per heavy atom. The van der Waals surface area contributed by atoms with Crippen molar-refractivity contribution < 1.29 is 13.2 Å². The molecule has 0 spiro atoms. The van der Waals surface area contributed by atoms with Gasteiger partial charge in [0.15, 0.2) is 0 Å². The predicted octanol–water partition coefficient (Wildman–Crippen LogP) is 0.792. The number of nitrogen functional groups attached to an aromatic ring is 1. The lowest BCUT2D eigenvalue weighted by atomic mass is 10.1. The van der Waals surface area contributed by atoms with Gasteiger partial charge in [0.1, 0.15) is 5.75 Å². The van der Waals surface area contributed by atoms with E-state index in [0.29, 0.717) is 17.5 Å². The Morgan fingerprint density at radius 3 is 2.90 bits per heavy atom. The molecule has 2 heterocycles. The minimum Gasteiger partial charge on any atom is -0.495 e. The van der Waals surface area contributed by atoms with E-state index in [9.17, 15) is 8.42 Å². The van der Waals surface area contributed by atoms with Crippen molar-refractivity contribution in [3.05, 3.63) is 18.2 Å². The fourth-order valence-corrected chi connectivity index (χ4v) is 4.66. The SMILES string of the molecule is COc1cc(S(=O)(=O)NC2CCN3CCCC23)ccc1N. The van der Waals surface area contributed by atoms with Crippen molar-refractivity contribution in [2.75, 3.05) is 25.9 Å². The van der Waals surface area contributed by atoms with Crippen LogP contribution in [0.5, 0.6) is 5.75 Å². The number of anilines is 1. The van der Waals surface area contributed by atoms with Gasteiger partial charge in [0, 0.05) is 24.7 Å². The Bertz CT molecular complexity index is 632. The van der Waals surface area contributed by atoms with Gasteiger partial charge in [-0.3, -0.25) is 4.90 Å². The monoisotopic (exact) mass is 311 g/mol. The van der Waals surface area contributed by atoms with Crippen LogP contribution in [0.2, 0.25) is 0 Å². The number of sulfonamides is 1. The van der Waals surface area contributed by atoms with E-state index in [1.54, 1.807) is 6.07 Å². The van der Waals surface area contributed by atoms with Gasteiger partial charge in [-0.1, -0.05) is 0 Å². The lowest BCUT2D eigenvalue weighted by molar-refractivity contribution is 0.309. The molecule has 2 atom stereocenters. The summed E-state index contributed by atoms with van der Waals surface area (Å²) in [6, 6.07) is 4.89. The van der Waals surface area contributed by atoms with Gasteiger partial charge in [0.2, 0.25) is 10.0 Å². The molecule has 0 aromatic heterocycles. The van der Waals surface area contributed by atoms with Crippen molar-refractivity contribution in [1.82, 2.24) is 9.62 Å². The first-order valence-electron chi connectivity index (χ1n) is 7.21. The largest absolute Gasteiger partial charge is 0.495 e. The van der Waals surface area contributed by atoms with Crippen molar-refractivity contribution in [2.24, 2.45) is 0 Å². The molecule has 2 fully saturated rings. The van der Waals surface area contributed by atoms with Gasteiger partial charge in [-0.05, 0) is 37.9 Å². The van der Waals surface area contributed by atoms with Crippen LogP contribution < -0.4 is 15.2 Å². The van der Waals surface area contributed by atoms with Crippen molar-refractivity contribution in [3.63, 3.8) is 0 Å². The smallest absolute Gasteiger partial charge is 0.241 e.